The van der Waals surface area contributed by atoms with E-state index in [9.17, 15) is 22.8 Å². The van der Waals surface area contributed by atoms with E-state index < -0.39 is 11.7 Å². The number of ether oxygens (including phenoxy) is 1. The van der Waals surface area contributed by atoms with Gasteiger partial charge in [-0.3, -0.25) is 9.59 Å². The number of nitrogens with zero attached hydrogens (tertiary/aromatic N) is 1. The molecule has 146 valence electrons. The summed E-state index contributed by atoms with van der Waals surface area (Å²) in [6.45, 7) is 2.21. The summed E-state index contributed by atoms with van der Waals surface area (Å²) in [5.41, 5.74) is -0.538. The molecule has 0 spiro atoms. The maximum absolute atomic E-state index is 12.6. The molecular formula is C18H19F3N2O3S. The molecule has 1 aliphatic heterocycles. The van der Waals surface area contributed by atoms with Crippen molar-refractivity contribution >= 4 is 23.6 Å². The number of alkyl halides is 3. The number of hydrogen-bond donors (Lipinski definition) is 1. The quantitative estimate of drug-likeness (QED) is 0.766. The van der Waals surface area contributed by atoms with Gasteiger partial charge in [0, 0.05) is 18.7 Å². The van der Waals surface area contributed by atoms with Crippen molar-refractivity contribution in [1.82, 2.24) is 10.2 Å². The van der Waals surface area contributed by atoms with Crippen LogP contribution in [0, 0.1) is 11.8 Å². The van der Waals surface area contributed by atoms with Gasteiger partial charge in [-0.15, -0.1) is 11.8 Å². The minimum atomic E-state index is -4.41. The van der Waals surface area contributed by atoms with Gasteiger partial charge in [-0.25, -0.2) is 0 Å². The van der Waals surface area contributed by atoms with Gasteiger partial charge >= 0.3 is 6.18 Å². The zero-order valence-corrected chi connectivity index (χ0v) is 15.3. The molecule has 2 amide bonds. The number of carbonyl (C=O) groups is 2. The lowest BCUT2D eigenvalue weighted by Crippen LogP contribution is -2.41. The first-order chi connectivity index (χ1) is 12.9. The number of halogens is 3. The third-order valence-electron chi connectivity index (χ3n) is 3.62. The first-order valence-electron chi connectivity index (χ1n) is 8.22. The van der Waals surface area contributed by atoms with Gasteiger partial charge in [-0.1, -0.05) is 17.9 Å². The molecule has 0 aliphatic carbocycles. The topological polar surface area (TPSA) is 58.6 Å². The summed E-state index contributed by atoms with van der Waals surface area (Å²) in [5.74, 6) is 5.21. The van der Waals surface area contributed by atoms with E-state index in [4.69, 9.17) is 4.74 Å². The minimum absolute atomic E-state index is 0.0209. The van der Waals surface area contributed by atoms with E-state index in [0.29, 0.717) is 26.3 Å². The van der Waals surface area contributed by atoms with Crippen molar-refractivity contribution in [3.63, 3.8) is 0 Å². The van der Waals surface area contributed by atoms with Crippen molar-refractivity contribution in [2.75, 3.05) is 44.4 Å². The van der Waals surface area contributed by atoms with E-state index in [1.807, 2.05) is 0 Å². The number of rotatable bonds is 5. The normalized spacial score (nSPS) is 14.3. The molecule has 0 bridgehead atoms. The van der Waals surface area contributed by atoms with Crippen molar-refractivity contribution in [3.8, 4) is 11.8 Å². The molecule has 1 heterocycles. The van der Waals surface area contributed by atoms with Gasteiger partial charge in [-0.05, 0) is 18.2 Å². The van der Waals surface area contributed by atoms with Gasteiger partial charge in [0.1, 0.15) is 0 Å². The molecule has 0 radical (unpaired) electrons. The first kappa shape index (κ1) is 21.1. The minimum Gasteiger partial charge on any atom is -0.378 e. The van der Waals surface area contributed by atoms with Gasteiger partial charge in [0.05, 0.1) is 36.8 Å². The highest BCUT2D eigenvalue weighted by atomic mass is 32.2. The van der Waals surface area contributed by atoms with Crippen molar-refractivity contribution in [2.24, 2.45) is 0 Å². The number of nitrogens with one attached hydrogen (secondary N) is 1. The number of amides is 2. The molecule has 1 aliphatic rings. The molecule has 1 saturated heterocycles. The molecule has 5 nitrogen and oxygen atoms in total. The summed E-state index contributed by atoms with van der Waals surface area (Å²) in [6, 6.07) is 4.69. The molecule has 27 heavy (non-hydrogen) atoms. The van der Waals surface area contributed by atoms with E-state index in [-0.39, 0.29) is 35.4 Å². The van der Waals surface area contributed by atoms with Gasteiger partial charge in [0.25, 0.3) is 0 Å². The zero-order valence-electron chi connectivity index (χ0n) is 14.5. The molecule has 1 aromatic carbocycles. The zero-order chi connectivity index (χ0) is 19.7. The molecule has 1 fully saturated rings. The Labute approximate surface area is 159 Å². The standard InChI is InChI=1S/C18H19F3N2O3S/c19-18(20,21)15-5-1-3-14(11-15)4-2-6-22-16(24)12-27-13-17(25)23-7-9-26-10-8-23/h1,3,5,11H,6-10,12-13H2,(H,22,24). The van der Waals surface area contributed by atoms with Crippen LogP contribution in [0.4, 0.5) is 13.2 Å². The Bertz CT molecular complexity index is 723. The van der Waals surface area contributed by atoms with Crippen LogP contribution >= 0.6 is 11.8 Å². The lowest BCUT2D eigenvalue weighted by molar-refractivity contribution is -0.137. The van der Waals surface area contributed by atoms with Crippen LogP contribution in [0.2, 0.25) is 0 Å². The lowest BCUT2D eigenvalue weighted by atomic mass is 10.1. The fourth-order valence-electron chi connectivity index (χ4n) is 2.25. The molecule has 0 saturated carbocycles. The van der Waals surface area contributed by atoms with Gasteiger partial charge in [0.2, 0.25) is 11.8 Å². The smallest absolute Gasteiger partial charge is 0.378 e. The summed E-state index contributed by atoms with van der Waals surface area (Å²) in [6.07, 6.45) is -4.41. The Balaban J connectivity index is 1.68. The fourth-order valence-corrected chi connectivity index (χ4v) is 3.00. The predicted molar refractivity (Wildman–Crippen MR) is 96.1 cm³/mol. The Morgan fingerprint density at radius 3 is 2.67 bits per heavy atom. The third-order valence-corrected chi connectivity index (χ3v) is 4.54. The van der Waals surface area contributed by atoms with E-state index >= 15 is 0 Å². The van der Waals surface area contributed by atoms with Crippen molar-refractivity contribution in [2.45, 2.75) is 6.18 Å². The lowest BCUT2D eigenvalue weighted by Gasteiger charge is -2.26. The number of thioether (sulfide) groups is 1. The number of carbonyl (C=O) groups excluding carboxylic acids is 2. The highest BCUT2D eigenvalue weighted by Gasteiger charge is 2.30. The van der Waals surface area contributed by atoms with Crippen molar-refractivity contribution < 1.29 is 27.5 Å². The van der Waals surface area contributed by atoms with Gasteiger partial charge in [-0.2, -0.15) is 13.2 Å². The average Bonchev–Trinajstić information content (AvgIpc) is 2.65. The Hall–Kier alpha value is -2.18. The monoisotopic (exact) mass is 400 g/mol. The second-order valence-electron chi connectivity index (χ2n) is 5.64. The molecule has 2 rings (SSSR count). The highest BCUT2D eigenvalue weighted by molar-refractivity contribution is 8.00. The van der Waals surface area contributed by atoms with Crippen LogP contribution < -0.4 is 5.32 Å². The van der Waals surface area contributed by atoms with Crippen LogP contribution in [-0.4, -0.2) is 61.1 Å². The van der Waals surface area contributed by atoms with E-state index in [0.717, 1.165) is 12.1 Å². The second-order valence-corrected chi connectivity index (χ2v) is 6.63. The second kappa shape index (κ2) is 10.2. The first-order valence-corrected chi connectivity index (χ1v) is 9.38. The van der Waals surface area contributed by atoms with E-state index in [1.165, 1.54) is 23.9 Å². The molecule has 0 aromatic heterocycles. The summed E-state index contributed by atoms with van der Waals surface area (Å²) >= 11 is 1.20. The van der Waals surface area contributed by atoms with Crippen LogP contribution in [0.1, 0.15) is 11.1 Å². The molecule has 1 aromatic rings. The average molecular weight is 400 g/mol. The summed E-state index contributed by atoms with van der Waals surface area (Å²) in [4.78, 5) is 25.3. The Morgan fingerprint density at radius 2 is 1.96 bits per heavy atom. The van der Waals surface area contributed by atoms with Gasteiger partial charge < -0.3 is 15.0 Å². The third kappa shape index (κ3) is 7.53. The molecule has 1 N–H and O–H groups in total. The van der Waals surface area contributed by atoms with E-state index in [1.54, 1.807) is 4.90 Å². The largest absolute Gasteiger partial charge is 0.416 e. The van der Waals surface area contributed by atoms with Gasteiger partial charge in [0.15, 0.2) is 0 Å². The molecular weight excluding hydrogens is 381 g/mol. The van der Waals surface area contributed by atoms with Crippen LogP contribution in [-0.2, 0) is 20.5 Å². The molecule has 0 unspecified atom stereocenters. The predicted octanol–water partition coefficient (Wildman–Crippen LogP) is 1.77. The van der Waals surface area contributed by atoms with Crippen LogP contribution in [0.15, 0.2) is 24.3 Å². The Morgan fingerprint density at radius 1 is 1.22 bits per heavy atom. The maximum atomic E-state index is 12.6. The number of hydrogen-bond acceptors (Lipinski definition) is 4. The van der Waals surface area contributed by atoms with Crippen LogP contribution in [0.5, 0.6) is 0 Å². The highest BCUT2D eigenvalue weighted by Crippen LogP contribution is 2.29. The number of morpholine rings is 1. The number of benzene rings is 1. The maximum Gasteiger partial charge on any atom is 0.416 e. The van der Waals surface area contributed by atoms with E-state index in [2.05, 4.69) is 17.2 Å². The Kier molecular flexibility index (Phi) is 8.00. The SMILES string of the molecule is O=C(CSCC(=O)N1CCOCC1)NCC#Cc1cccc(C(F)(F)F)c1. The van der Waals surface area contributed by atoms with Crippen LogP contribution in [0.3, 0.4) is 0 Å². The van der Waals surface area contributed by atoms with Crippen LogP contribution in [0.25, 0.3) is 0 Å². The summed E-state index contributed by atoms with van der Waals surface area (Å²) < 4.78 is 43.0. The molecule has 0 atom stereocenters. The van der Waals surface area contributed by atoms with Crippen molar-refractivity contribution in [1.29, 1.82) is 0 Å². The molecule has 9 heteroatoms. The summed E-state index contributed by atoms with van der Waals surface area (Å²) in [7, 11) is 0. The van der Waals surface area contributed by atoms with Crippen molar-refractivity contribution in [3.05, 3.63) is 35.4 Å². The fraction of sp³-hybridized carbons (Fsp3) is 0.444. The summed E-state index contributed by atoms with van der Waals surface area (Å²) in [5, 5.41) is 2.55.